The van der Waals surface area contributed by atoms with Crippen LogP contribution in [0.2, 0.25) is 0 Å². The van der Waals surface area contributed by atoms with Crippen molar-refractivity contribution in [2.24, 2.45) is 0 Å². The molecule has 2 aromatic rings. The van der Waals surface area contributed by atoms with Gasteiger partial charge in [0.15, 0.2) is 5.54 Å². The van der Waals surface area contributed by atoms with Gasteiger partial charge in [0.25, 0.3) is 17.6 Å². The summed E-state index contributed by atoms with van der Waals surface area (Å²) in [5, 5.41) is 11.8. The van der Waals surface area contributed by atoms with Crippen LogP contribution in [0.1, 0.15) is 43.4 Å². The first-order valence-corrected chi connectivity index (χ1v) is 14.2. The second kappa shape index (κ2) is 10.4. The van der Waals surface area contributed by atoms with Crippen LogP contribution in [0.15, 0.2) is 48.0 Å². The van der Waals surface area contributed by atoms with Gasteiger partial charge in [-0.15, -0.1) is 0 Å². The predicted molar refractivity (Wildman–Crippen MR) is 149 cm³/mol. The molecule has 2 atom stereocenters. The molecule has 0 aromatic heterocycles. The van der Waals surface area contributed by atoms with E-state index in [0.29, 0.717) is 62.4 Å². The zero-order chi connectivity index (χ0) is 28.0. The first-order valence-electron chi connectivity index (χ1n) is 14.2. The van der Waals surface area contributed by atoms with Crippen molar-refractivity contribution < 1.29 is 29.0 Å². The quantitative estimate of drug-likeness (QED) is 0.324. The van der Waals surface area contributed by atoms with Crippen LogP contribution in [0, 0.1) is 0 Å². The largest absolute Gasteiger partial charge is 0.507 e. The van der Waals surface area contributed by atoms with E-state index in [1.165, 1.54) is 4.90 Å². The fraction of sp³-hybridized carbons (Fsp3) is 0.452. The zero-order valence-electron chi connectivity index (χ0n) is 23.0. The van der Waals surface area contributed by atoms with E-state index in [2.05, 4.69) is 4.90 Å². The lowest BCUT2D eigenvalue weighted by molar-refractivity contribution is -0.143. The van der Waals surface area contributed by atoms with Gasteiger partial charge in [-0.1, -0.05) is 25.1 Å². The summed E-state index contributed by atoms with van der Waals surface area (Å²) in [5.41, 5.74) is 0.636. The van der Waals surface area contributed by atoms with Crippen LogP contribution in [0.4, 0.5) is 5.69 Å². The number of hydrogen-bond acceptors (Lipinski definition) is 7. The van der Waals surface area contributed by atoms with Crippen LogP contribution in [0.3, 0.4) is 0 Å². The van der Waals surface area contributed by atoms with Crippen LogP contribution in [0.25, 0.3) is 5.76 Å². The Morgan fingerprint density at radius 1 is 1.05 bits per heavy atom. The number of likely N-dealkylation sites (tertiary alicyclic amines) is 1. The molecule has 0 bridgehead atoms. The Labute approximate surface area is 233 Å². The Bertz CT molecular complexity index is 1400. The van der Waals surface area contributed by atoms with Crippen molar-refractivity contribution in [3.05, 3.63) is 64.7 Å². The number of carbonyl (C=O) groups is 3. The maximum absolute atomic E-state index is 14.5. The van der Waals surface area contributed by atoms with Crippen LogP contribution in [-0.2, 0) is 31.1 Å². The first-order chi connectivity index (χ1) is 19.4. The third kappa shape index (κ3) is 4.02. The van der Waals surface area contributed by atoms with Crippen molar-refractivity contribution in [2.75, 3.05) is 50.8 Å². The maximum Gasteiger partial charge on any atom is 0.296 e. The highest BCUT2D eigenvalue weighted by molar-refractivity contribution is 6.50. The summed E-state index contributed by atoms with van der Waals surface area (Å²) in [6, 6.07) is 12.6. The standard InChI is InChI=1S/C31H35N3O6/c1-3-11-33-24-8-5-4-7-23(24)31(30(33)38)26(27(35)21-9-10-25-22(19-21)18-20(2)40-25)28(36)29(37)34(31)13-6-12-32-14-16-39-17-15-32/h4-5,7-10,19-20,35H,3,6,11-18H2,1-2H3/t20-,31-/m1/s1. The fourth-order valence-corrected chi connectivity index (χ4v) is 6.60. The molecule has 0 aliphatic carbocycles. The third-order valence-electron chi connectivity index (χ3n) is 8.39. The predicted octanol–water partition coefficient (Wildman–Crippen LogP) is 3.06. The summed E-state index contributed by atoms with van der Waals surface area (Å²) in [6.07, 6.45) is 1.95. The van der Waals surface area contributed by atoms with Gasteiger partial charge in [-0.2, -0.15) is 0 Å². The van der Waals surface area contributed by atoms with Crippen LogP contribution in [-0.4, -0.2) is 84.5 Å². The van der Waals surface area contributed by atoms with Crippen LogP contribution in [0.5, 0.6) is 5.75 Å². The molecule has 9 nitrogen and oxygen atoms in total. The molecule has 4 aliphatic heterocycles. The summed E-state index contributed by atoms with van der Waals surface area (Å²) in [7, 11) is 0. The van der Waals surface area contributed by atoms with Crippen molar-refractivity contribution in [1.82, 2.24) is 9.80 Å². The molecule has 40 heavy (non-hydrogen) atoms. The smallest absolute Gasteiger partial charge is 0.296 e. The number of ether oxygens (including phenoxy) is 2. The van der Waals surface area contributed by atoms with E-state index in [0.717, 1.165) is 24.4 Å². The van der Waals surface area contributed by atoms with E-state index in [9.17, 15) is 19.5 Å². The van der Waals surface area contributed by atoms with E-state index in [1.54, 1.807) is 29.2 Å². The average Bonchev–Trinajstić information content (AvgIpc) is 3.53. The van der Waals surface area contributed by atoms with Gasteiger partial charge in [0.05, 0.1) is 24.5 Å². The topological polar surface area (TPSA) is 99.6 Å². The minimum Gasteiger partial charge on any atom is -0.507 e. The Hall–Kier alpha value is -3.69. The Kier molecular flexibility index (Phi) is 6.88. The number of anilines is 1. The first kappa shape index (κ1) is 26.5. The highest BCUT2D eigenvalue weighted by Crippen LogP contribution is 2.53. The molecule has 0 saturated carbocycles. The number of benzene rings is 2. The molecule has 2 fully saturated rings. The molecular weight excluding hydrogens is 510 g/mol. The summed E-state index contributed by atoms with van der Waals surface area (Å²) < 4.78 is 11.3. The minimum absolute atomic E-state index is 0.00826. The lowest BCUT2D eigenvalue weighted by Gasteiger charge is -2.35. The Morgan fingerprint density at radius 2 is 1.82 bits per heavy atom. The molecule has 9 heteroatoms. The number of fused-ring (bicyclic) bond motifs is 3. The monoisotopic (exact) mass is 545 g/mol. The maximum atomic E-state index is 14.5. The number of morpholine rings is 1. The minimum atomic E-state index is -1.72. The normalized spacial score (nSPS) is 25.6. The number of aliphatic hydroxyl groups is 1. The van der Waals surface area contributed by atoms with Gasteiger partial charge >= 0.3 is 0 Å². The van der Waals surface area contributed by atoms with Gasteiger partial charge in [-0.25, -0.2) is 0 Å². The van der Waals surface area contributed by atoms with E-state index in [1.807, 2.05) is 32.0 Å². The Morgan fingerprint density at radius 3 is 2.60 bits per heavy atom. The van der Waals surface area contributed by atoms with Crippen LogP contribution >= 0.6 is 0 Å². The van der Waals surface area contributed by atoms with Crippen molar-refractivity contribution in [1.29, 1.82) is 0 Å². The van der Waals surface area contributed by atoms with Gasteiger partial charge in [-0.3, -0.25) is 19.3 Å². The average molecular weight is 546 g/mol. The number of rotatable bonds is 7. The van der Waals surface area contributed by atoms with Crippen molar-refractivity contribution in [2.45, 2.75) is 44.8 Å². The number of carbonyl (C=O) groups excluding carboxylic acids is 3. The molecule has 2 aromatic carbocycles. The molecule has 6 rings (SSSR count). The van der Waals surface area contributed by atoms with Crippen LogP contribution < -0.4 is 9.64 Å². The summed E-state index contributed by atoms with van der Waals surface area (Å²) in [5.74, 6) is -1.57. The molecule has 4 aliphatic rings. The molecule has 1 N–H and O–H groups in total. The molecular formula is C31H35N3O6. The van der Waals surface area contributed by atoms with E-state index in [4.69, 9.17) is 9.47 Å². The number of hydrogen-bond donors (Lipinski definition) is 1. The second-order valence-corrected chi connectivity index (χ2v) is 11.0. The number of para-hydroxylation sites is 1. The molecule has 4 heterocycles. The van der Waals surface area contributed by atoms with Crippen molar-refractivity contribution >= 4 is 29.0 Å². The van der Waals surface area contributed by atoms with E-state index in [-0.39, 0.29) is 29.9 Å². The number of aliphatic hydroxyl groups excluding tert-OH is 1. The molecule has 2 amide bonds. The SMILES string of the molecule is CCCN1C(=O)[C@]2(C(=C(O)c3ccc4c(c3)C[C@@H](C)O4)C(=O)C(=O)N2CCCN2CCOCC2)c2ccccc21. The van der Waals surface area contributed by atoms with Gasteiger partial charge in [0.2, 0.25) is 0 Å². The lowest BCUT2D eigenvalue weighted by Crippen LogP contribution is -2.52. The number of Topliss-reactive ketones (excluding diaryl/α,β-unsaturated/α-hetero) is 1. The highest BCUT2D eigenvalue weighted by Gasteiger charge is 2.66. The van der Waals surface area contributed by atoms with E-state index < -0.39 is 17.2 Å². The molecule has 1 spiro atoms. The number of nitrogens with zero attached hydrogens (tertiary/aromatic N) is 3. The molecule has 210 valence electrons. The fourth-order valence-electron chi connectivity index (χ4n) is 6.60. The summed E-state index contributed by atoms with van der Waals surface area (Å²) in [6.45, 7) is 8.22. The lowest BCUT2D eigenvalue weighted by atomic mass is 9.81. The Balaban J connectivity index is 1.48. The third-order valence-corrected chi connectivity index (χ3v) is 8.39. The molecule has 0 unspecified atom stereocenters. The highest BCUT2D eigenvalue weighted by atomic mass is 16.5. The zero-order valence-corrected chi connectivity index (χ0v) is 23.0. The number of ketones is 1. The molecule has 0 radical (unpaired) electrons. The van der Waals surface area contributed by atoms with Crippen molar-refractivity contribution in [3.63, 3.8) is 0 Å². The van der Waals surface area contributed by atoms with Gasteiger partial charge in [0.1, 0.15) is 17.6 Å². The van der Waals surface area contributed by atoms with E-state index >= 15 is 0 Å². The number of amides is 2. The van der Waals surface area contributed by atoms with Gasteiger partial charge in [0, 0.05) is 50.3 Å². The summed E-state index contributed by atoms with van der Waals surface area (Å²) in [4.78, 5) is 47.4. The second-order valence-electron chi connectivity index (χ2n) is 11.0. The van der Waals surface area contributed by atoms with Crippen molar-refractivity contribution in [3.8, 4) is 5.75 Å². The van der Waals surface area contributed by atoms with Gasteiger partial charge in [-0.05, 0) is 49.6 Å². The van der Waals surface area contributed by atoms with Gasteiger partial charge < -0.3 is 24.4 Å². The molecule has 2 saturated heterocycles. The summed E-state index contributed by atoms with van der Waals surface area (Å²) >= 11 is 0.